The number of para-hydroxylation sites is 1. The maximum atomic E-state index is 12.7. The lowest BCUT2D eigenvalue weighted by Crippen LogP contribution is -2.43. The predicted octanol–water partition coefficient (Wildman–Crippen LogP) is 2.65. The third kappa shape index (κ3) is 4.69. The smallest absolute Gasteiger partial charge is 0.243 e. The van der Waals surface area contributed by atoms with Gasteiger partial charge < -0.3 is 4.90 Å². The van der Waals surface area contributed by atoms with Crippen molar-refractivity contribution in [3.8, 4) is 0 Å². The first-order valence-corrected chi connectivity index (χ1v) is 10.3. The summed E-state index contributed by atoms with van der Waals surface area (Å²) < 4.78 is 25.9. The molecule has 1 aromatic carbocycles. The summed E-state index contributed by atoms with van der Waals surface area (Å²) in [5.74, 6) is -0.193. The molecule has 0 unspecified atom stereocenters. The zero-order valence-electron chi connectivity index (χ0n) is 15.0. The molecule has 25 heavy (non-hydrogen) atoms. The van der Waals surface area contributed by atoms with E-state index in [4.69, 9.17) is 0 Å². The van der Waals surface area contributed by atoms with Crippen LogP contribution in [0.25, 0.3) is 10.9 Å². The fourth-order valence-electron chi connectivity index (χ4n) is 2.79. The quantitative estimate of drug-likeness (QED) is 0.723. The maximum Gasteiger partial charge on any atom is 0.243 e. The van der Waals surface area contributed by atoms with Gasteiger partial charge in [-0.15, -0.1) is 0 Å². The number of hydrogen-bond acceptors (Lipinski definition) is 4. The molecule has 0 N–H and O–H groups in total. The summed E-state index contributed by atoms with van der Waals surface area (Å²) >= 11 is 0. The Bertz CT molecular complexity index is 825. The number of rotatable bonds is 8. The van der Waals surface area contributed by atoms with Crippen LogP contribution >= 0.6 is 0 Å². The van der Waals surface area contributed by atoms with Crippen LogP contribution < -0.4 is 4.31 Å². The van der Waals surface area contributed by atoms with E-state index in [1.165, 1.54) is 0 Å². The van der Waals surface area contributed by atoms with Gasteiger partial charge in [-0.25, -0.2) is 8.42 Å². The third-order valence-corrected chi connectivity index (χ3v) is 5.03. The molecular formula is C18H25N3O3S. The van der Waals surface area contributed by atoms with Gasteiger partial charge in [0.15, 0.2) is 0 Å². The largest absolute Gasteiger partial charge is 0.341 e. The lowest BCUT2D eigenvalue weighted by Gasteiger charge is -2.27. The van der Waals surface area contributed by atoms with Crippen molar-refractivity contribution in [2.75, 3.05) is 30.2 Å². The summed E-state index contributed by atoms with van der Waals surface area (Å²) in [6.07, 6.45) is 4.40. The van der Waals surface area contributed by atoms with E-state index in [0.29, 0.717) is 24.3 Å². The third-order valence-electron chi connectivity index (χ3n) is 3.90. The number of pyridine rings is 1. The summed E-state index contributed by atoms with van der Waals surface area (Å²) in [4.78, 5) is 18.7. The Balaban J connectivity index is 2.42. The molecule has 0 radical (unpaired) electrons. The van der Waals surface area contributed by atoms with Crippen molar-refractivity contribution in [2.45, 2.75) is 26.7 Å². The summed E-state index contributed by atoms with van der Waals surface area (Å²) in [6.45, 7) is 5.03. The molecule has 1 aromatic heterocycles. The molecule has 0 aliphatic heterocycles. The molecule has 1 amide bonds. The topological polar surface area (TPSA) is 70.6 Å². The number of benzene rings is 1. The summed E-state index contributed by atoms with van der Waals surface area (Å²) in [5.41, 5.74) is 1.00. The van der Waals surface area contributed by atoms with Crippen molar-refractivity contribution in [3.63, 3.8) is 0 Å². The van der Waals surface area contributed by atoms with Crippen LogP contribution in [0.4, 0.5) is 5.69 Å². The Kier molecular flexibility index (Phi) is 6.36. The van der Waals surface area contributed by atoms with E-state index >= 15 is 0 Å². The first-order chi connectivity index (χ1) is 11.9. The van der Waals surface area contributed by atoms with Crippen LogP contribution in [0.1, 0.15) is 26.7 Å². The molecule has 2 aromatic rings. The molecule has 0 atom stereocenters. The van der Waals surface area contributed by atoms with E-state index in [1.807, 2.05) is 26.0 Å². The highest BCUT2D eigenvalue weighted by molar-refractivity contribution is 7.92. The Hall–Kier alpha value is -2.15. The zero-order chi connectivity index (χ0) is 18.4. The number of fused-ring (bicyclic) bond motifs is 1. The first-order valence-electron chi connectivity index (χ1n) is 8.47. The average molecular weight is 363 g/mol. The van der Waals surface area contributed by atoms with Crippen molar-refractivity contribution in [2.24, 2.45) is 0 Å². The number of sulfonamides is 1. The van der Waals surface area contributed by atoms with Gasteiger partial charge in [-0.05, 0) is 25.0 Å². The number of aromatic nitrogens is 1. The molecule has 0 bridgehead atoms. The number of carbonyl (C=O) groups is 1. The minimum absolute atomic E-state index is 0.193. The first kappa shape index (κ1) is 19.2. The second kappa shape index (κ2) is 8.29. The van der Waals surface area contributed by atoms with Crippen LogP contribution in [0, 0.1) is 0 Å². The van der Waals surface area contributed by atoms with Gasteiger partial charge in [-0.1, -0.05) is 32.0 Å². The summed E-state index contributed by atoms with van der Waals surface area (Å²) in [7, 11) is -3.62. The molecule has 7 heteroatoms. The minimum atomic E-state index is -3.62. The van der Waals surface area contributed by atoms with E-state index in [-0.39, 0.29) is 12.5 Å². The van der Waals surface area contributed by atoms with Crippen molar-refractivity contribution < 1.29 is 13.2 Å². The summed E-state index contributed by atoms with van der Waals surface area (Å²) in [6, 6.07) is 9.00. The van der Waals surface area contributed by atoms with Crippen LogP contribution in [0.3, 0.4) is 0 Å². The van der Waals surface area contributed by atoms with Gasteiger partial charge in [-0.3, -0.25) is 14.1 Å². The fourth-order valence-corrected chi connectivity index (χ4v) is 3.64. The van der Waals surface area contributed by atoms with E-state index in [9.17, 15) is 13.2 Å². The Morgan fingerprint density at radius 3 is 2.32 bits per heavy atom. The minimum Gasteiger partial charge on any atom is -0.341 e. The van der Waals surface area contributed by atoms with Gasteiger partial charge in [0, 0.05) is 24.7 Å². The monoisotopic (exact) mass is 363 g/mol. The lowest BCUT2D eigenvalue weighted by molar-refractivity contribution is -0.129. The molecule has 0 spiro atoms. The molecular weight excluding hydrogens is 338 g/mol. The van der Waals surface area contributed by atoms with Crippen molar-refractivity contribution in [3.05, 3.63) is 36.5 Å². The highest BCUT2D eigenvalue weighted by atomic mass is 32.2. The van der Waals surface area contributed by atoms with Gasteiger partial charge in [0.05, 0.1) is 17.5 Å². The molecule has 6 nitrogen and oxygen atoms in total. The highest BCUT2D eigenvalue weighted by Gasteiger charge is 2.25. The standard InChI is InChI=1S/C18H25N3O3S/c1-4-12-20(13-5-2)17(22)14-21(25(3,23)24)16-10-6-8-15-9-7-11-19-18(15)16/h6-11H,4-5,12-14H2,1-3H3. The Morgan fingerprint density at radius 1 is 1.08 bits per heavy atom. The lowest BCUT2D eigenvalue weighted by atomic mass is 10.2. The van der Waals surface area contributed by atoms with Crippen molar-refractivity contribution >= 4 is 32.5 Å². The van der Waals surface area contributed by atoms with Crippen LogP contribution in [-0.2, 0) is 14.8 Å². The molecule has 0 fully saturated rings. The van der Waals surface area contributed by atoms with Gasteiger partial charge in [0.2, 0.25) is 15.9 Å². The number of carbonyl (C=O) groups excluding carboxylic acids is 1. The van der Waals surface area contributed by atoms with E-state index in [0.717, 1.165) is 28.8 Å². The number of anilines is 1. The number of nitrogens with zero attached hydrogens (tertiary/aromatic N) is 3. The van der Waals surface area contributed by atoms with Crippen LogP contribution in [0.5, 0.6) is 0 Å². The van der Waals surface area contributed by atoms with E-state index < -0.39 is 10.0 Å². The predicted molar refractivity (Wildman–Crippen MR) is 101 cm³/mol. The maximum absolute atomic E-state index is 12.7. The molecule has 0 saturated carbocycles. The van der Waals surface area contributed by atoms with E-state index in [2.05, 4.69) is 4.98 Å². The number of amides is 1. The number of hydrogen-bond donors (Lipinski definition) is 0. The van der Waals surface area contributed by atoms with Gasteiger partial charge in [-0.2, -0.15) is 0 Å². The second-order valence-electron chi connectivity index (χ2n) is 6.00. The normalized spacial score (nSPS) is 11.5. The average Bonchev–Trinajstić information content (AvgIpc) is 2.58. The molecule has 1 heterocycles. The highest BCUT2D eigenvalue weighted by Crippen LogP contribution is 2.26. The molecule has 136 valence electrons. The van der Waals surface area contributed by atoms with E-state index in [1.54, 1.807) is 29.3 Å². The Morgan fingerprint density at radius 2 is 1.72 bits per heavy atom. The van der Waals surface area contributed by atoms with Crippen LogP contribution in [-0.4, -0.2) is 50.1 Å². The van der Waals surface area contributed by atoms with Crippen molar-refractivity contribution in [1.29, 1.82) is 0 Å². The van der Waals surface area contributed by atoms with Crippen molar-refractivity contribution in [1.82, 2.24) is 9.88 Å². The summed E-state index contributed by atoms with van der Waals surface area (Å²) in [5, 5.41) is 0.833. The van der Waals surface area contributed by atoms with Gasteiger partial charge in [0.25, 0.3) is 0 Å². The van der Waals surface area contributed by atoms with Crippen LogP contribution in [0.2, 0.25) is 0 Å². The van der Waals surface area contributed by atoms with Crippen LogP contribution in [0.15, 0.2) is 36.5 Å². The SMILES string of the molecule is CCCN(CCC)C(=O)CN(c1cccc2cccnc12)S(C)(=O)=O. The molecule has 0 aliphatic rings. The molecule has 0 saturated heterocycles. The fraction of sp³-hybridized carbons (Fsp3) is 0.444. The van der Waals surface area contributed by atoms with Gasteiger partial charge in [0.1, 0.15) is 6.54 Å². The zero-order valence-corrected chi connectivity index (χ0v) is 15.8. The van der Waals surface area contributed by atoms with Gasteiger partial charge >= 0.3 is 0 Å². The Labute approximate surface area is 149 Å². The second-order valence-corrected chi connectivity index (χ2v) is 7.91. The molecule has 0 aliphatic carbocycles. The molecule has 2 rings (SSSR count).